The second-order valence-corrected chi connectivity index (χ2v) is 2.30. The Hall–Kier alpha value is -0.370. The third-order valence-corrected chi connectivity index (χ3v) is 1.32. The highest BCUT2D eigenvalue weighted by Gasteiger charge is 1.96. The van der Waals surface area contributed by atoms with E-state index in [1.807, 2.05) is 0 Å². The summed E-state index contributed by atoms with van der Waals surface area (Å²) in [7, 11) is 0. The third-order valence-electron chi connectivity index (χ3n) is 1.32. The van der Waals surface area contributed by atoms with Crippen LogP contribution >= 0.6 is 0 Å². The zero-order valence-corrected chi connectivity index (χ0v) is 5.97. The number of carbonyl (C=O) groups excluding carboxylic acids is 1. The molecule has 0 radical (unpaired) electrons. The number of carbonyl (C=O) groups is 1. The molecule has 2 heteroatoms. The molecule has 0 heterocycles. The van der Waals surface area contributed by atoms with Gasteiger partial charge in [0.15, 0.2) is 0 Å². The highest BCUT2D eigenvalue weighted by Crippen LogP contribution is 1.99. The lowest BCUT2D eigenvalue weighted by Crippen LogP contribution is -2.20. The molecule has 0 aromatic heterocycles. The monoisotopic (exact) mass is 131 g/mol. The van der Waals surface area contributed by atoms with E-state index in [1.54, 1.807) is 0 Å². The van der Waals surface area contributed by atoms with Gasteiger partial charge in [-0.25, -0.2) is 0 Å². The van der Waals surface area contributed by atoms with Gasteiger partial charge >= 0.3 is 0 Å². The van der Waals surface area contributed by atoms with Crippen molar-refractivity contribution in [2.75, 3.05) is 0 Å². The molecule has 1 atom stereocenters. The average Bonchev–Trinajstić information content (AvgIpc) is 1.89. The van der Waals surface area contributed by atoms with Crippen molar-refractivity contribution in [3.05, 3.63) is 0 Å². The van der Waals surface area contributed by atoms with Crippen molar-refractivity contribution in [2.45, 2.75) is 38.6 Å². The van der Waals surface area contributed by atoms with Gasteiger partial charge in [-0.3, -0.25) is 0 Å². The number of nitrogens with two attached hydrogens (primary N) is 1. The lowest BCUT2D eigenvalue weighted by atomic mass is 10.1. The Balaban J connectivity index is 0. The lowest BCUT2D eigenvalue weighted by Gasteiger charge is -2.00. The maximum absolute atomic E-state index is 9.97. The quantitative estimate of drug-likeness (QED) is 0.452. The summed E-state index contributed by atoms with van der Waals surface area (Å²) < 4.78 is 0. The molecule has 56 valence electrons. The van der Waals surface area contributed by atoms with Crippen LogP contribution in [0.5, 0.6) is 0 Å². The smallest absolute Gasteiger partial charge is 0.136 e. The first-order valence-corrected chi connectivity index (χ1v) is 3.52. The van der Waals surface area contributed by atoms with Gasteiger partial charge in [-0.15, -0.1) is 0 Å². The molecule has 0 amide bonds. The summed E-state index contributed by atoms with van der Waals surface area (Å²) in [6.45, 7) is 2.13. The second kappa shape index (κ2) is 5.76. The van der Waals surface area contributed by atoms with Gasteiger partial charge in [0.25, 0.3) is 0 Å². The van der Waals surface area contributed by atoms with Crippen molar-refractivity contribution in [3.8, 4) is 0 Å². The lowest BCUT2D eigenvalue weighted by molar-refractivity contribution is -0.109. The summed E-state index contributed by atoms with van der Waals surface area (Å²) in [4.78, 5) is 9.97. The van der Waals surface area contributed by atoms with E-state index >= 15 is 0 Å². The normalized spacial score (nSPS) is 13.1. The molecule has 0 unspecified atom stereocenters. The topological polar surface area (TPSA) is 43.1 Å². The summed E-state index contributed by atoms with van der Waals surface area (Å²) in [5.41, 5.74) is 5.35. The molecule has 0 bridgehead atoms. The van der Waals surface area contributed by atoms with Crippen LogP contribution in [0.15, 0.2) is 0 Å². The van der Waals surface area contributed by atoms with Crippen molar-refractivity contribution in [1.29, 1.82) is 0 Å². The van der Waals surface area contributed by atoms with E-state index < -0.39 is 0 Å². The SMILES string of the molecule is CCCCC[C@H](N)C=O.[HH]. The Bertz CT molecular complexity index is 78.0. The van der Waals surface area contributed by atoms with Gasteiger partial charge in [0.2, 0.25) is 0 Å². The first-order valence-electron chi connectivity index (χ1n) is 3.52. The standard InChI is InChI=1S/C7H15NO.H2/c1-2-3-4-5-7(8)6-9;/h6-7H,2-5,8H2,1H3;1H/t7-;/m0./s1. The van der Waals surface area contributed by atoms with Crippen LogP contribution in [-0.2, 0) is 4.79 Å². The van der Waals surface area contributed by atoms with Gasteiger partial charge < -0.3 is 10.5 Å². The van der Waals surface area contributed by atoms with Crippen molar-refractivity contribution in [2.24, 2.45) is 5.73 Å². The zero-order chi connectivity index (χ0) is 7.11. The number of aldehydes is 1. The van der Waals surface area contributed by atoms with E-state index in [0.717, 1.165) is 19.1 Å². The zero-order valence-electron chi connectivity index (χ0n) is 5.97. The Morgan fingerprint density at radius 1 is 1.67 bits per heavy atom. The predicted molar refractivity (Wildman–Crippen MR) is 40.3 cm³/mol. The summed E-state index contributed by atoms with van der Waals surface area (Å²) in [6.07, 6.45) is 5.11. The first kappa shape index (κ1) is 8.63. The van der Waals surface area contributed by atoms with Crippen LogP contribution in [0.1, 0.15) is 34.0 Å². The van der Waals surface area contributed by atoms with Gasteiger partial charge in [0, 0.05) is 1.43 Å². The van der Waals surface area contributed by atoms with Crippen LogP contribution < -0.4 is 5.73 Å². The molecule has 2 nitrogen and oxygen atoms in total. The van der Waals surface area contributed by atoms with Crippen LogP contribution in [0, 0.1) is 0 Å². The van der Waals surface area contributed by atoms with Crippen LogP contribution in [0.3, 0.4) is 0 Å². The average molecular weight is 131 g/mol. The molecule has 2 N–H and O–H groups in total. The fourth-order valence-electron chi connectivity index (χ4n) is 0.698. The fraction of sp³-hybridized carbons (Fsp3) is 0.857. The van der Waals surface area contributed by atoms with Gasteiger partial charge in [0.05, 0.1) is 6.04 Å². The summed E-state index contributed by atoms with van der Waals surface area (Å²) in [5.74, 6) is 0. The Labute approximate surface area is 57.9 Å². The molecular formula is C7H17NO. The molecule has 0 aliphatic heterocycles. The van der Waals surface area contributed by atoms with Crippen molar-refractivity contribution < 1.29 is 6.22 Å². The highest BCUT2D eigenvalue weighted by atomic mass is 16.1. The van der Waals surface area contributed by atoms with E-state index in [1.165, 1.54) is 12.8 Å². The van der Waals surface area contributed by atoms with Crippen LogP contribution in [-0.4, -0.2) is 12.3 Å². The van der Waals surface area contributed by atoms with Crippen LogP contribution in [0.25, 0.3) is 0 Å². The minimum absolute atomic E-state index is 0. The van der Waals surface area contributed by atoms with E-state index in [9.17, 15) is 4.79 Å². The molecule has 0 rings (SSSR count). The Morgan fingerprint density at radius 2 is 2.33 bits per heavy atom. The van der Waals surface area contributed by atoms with Crippen molar-refractivity contribution in [3.63, 3.8) is 0 Å². The maximum Gasteiger partial charge on any atom is 0.136 e. The van der Waals surface area contributed by atoms with E-state index in [4.69, 9.17) is 5.73 Å². The molecule has 0 spiro atoms. The Kier molecular flexibility index (Phi) is 5.52. The van der Waals surface area contributed by atoms with E-state index in [2.05, 4.69) is 6.92 Å². The predicted octanol–water partition coefficient (Wildman–Crippen LogP) is 1.34. The maximum atomic E-state index is 9.97. The molecule has 0 saturated carbocycles. The molecule has 0 aromatic rings. The van der Waals surface area contributed by atoms with Crippen molar-refractivity contribution in [1.82, 2.24) is 0 Å². The third kappa shape index (κ3) is 5.50. The molecule has 0 fully saturated rings. The minimum Gasteiger partial charge on any atom is -0.322 e. The molecule has 0 aliphatic rings. The number of hydrogen-bond donors (Lipinski definition) is 1. The minimum atomic E-state index is -0.225. The highest BCUT2D eigenvalue weighted by molar-refractivity contribution is 5.56. The van der Waals surface area contributed by atoms with Crippen LogP contribution in [0.4, 0.5) is 0 Å². The fourth-order valence-corrected chi connectivity index (χ4v) is 0.698. The molecule has 0 aliphatic carbocycles. The van der Waals surface area contributed by atoms with Crippen molar-refractivity contribution >= 4 is 6.29 Å². The number of unbranched alkanes of at least 4 members (excludes halogenated alkanes) is 2. The largest absolute Gasteiger partial charge is 0.322 e. The summed E-state index contributed by atoms with van der Waals surface area (Å²) in [5, 5.41) is 0. The second-order valence-electron chi connectivity index (χ2n) is 2.30. The van der Waals surface area contributed by atoms with Gasteiger partial charge in [-0.05, 0) is 6.42 Å². The van der Waals surface area contributed by atoms with Crippen LogP contribution in [0.2, 0.25) is 0 Å². The number of rotatable bonds is 5. The van der Waals surface area contributed by atoms with E-state index in [-0.39, 0.29) is 7.47 Å². The number of hydrogen-bond acceptors (Lipinski definition) is 2. The first-order chi connectivity index (χ1) is 4.31. The van der Waals surface area contributed by atoms with E-state index in [0.29, 0.717) is 0 Å². The molecular weight excluding hydrogens is 114 g/mol. The van der Waals surface area contributed by atoms with Gasteiger partial charge in [0.1, 0.15) is 6.29 Å². The van der Waals surface area contributed by atoms with Gasteiger partial charge in [-0.1, -0.05) is 26.2 Å². The Morgan fingerprint density at radius 3 is 2.78 bits per heavy atom. The summed E-state index contributed by atoms with van der Waals surface area (Å²) >= 11 is 0. The molecule has 0 saturated heterocycles. The van der Waals surface area contributed by atoms with Gasteiger partial charge in [-0.2, -0.15) is 0 Å². The molecule has 0 aromatic carbocycles. The summed E-state index contributed by atoms with van der Waals surface area (Å²) in [6, 6.07) is -0.225. The molecule has 9 heavy (non-hydrogen) atoms.